The quantitative estimate of drug-likeness (QED) is 0.877. The molecule has 1 aliphatic rings. The van der Waals surface area contributed by atoms with Gasteiger partial charge in [0.25, 0.3) is 0 Å². The first-order valence-corrected chi connectivity index (χ1v) is 8.29. The van der Waals surface area contributed by atoms with Crippen LogP contribution in [0.25, 0.3) is 0 Å². The minimum atomic E-state index is -0.246. The Kier molecular flexibility index (Phi) is 5.86. The first-order valence-electron chi connectivity index (χ1n) is 7.35. The molecule has 0 radical (unpaired) electrons. The Morgan fingerprint density at radius 1 is 1.50 bits per heavy atom. The first kappa shape index (κ1) is 15.3. The molecule has 20 heavy (non-hydrogen) atoms. The van der Waals surface area contributed by atoms with Crippen LogP contribution in [0.15, 0.2) is 16.8 Å². The van der Waals surface area contributed by atoms with E-state index in [1.807, 2.05) is 5.38 Å². The number of carbonyl (C=O) groups excluding carboxylic acids is 1. The normalized spacial score (nSPS) is 22.5. The molecule has 2 N–H and O–H groups in total. The van der Waals surface area contributed by atoms with Crippen molar-refractivity contribution in [3.8, 4) is 0 Å². The van der Waals surface area contributed by atoms with Crippen LogP contribution in [0.2, 0.25) is 0 Å². The standard InChI is InChI=1S/C15H24N2O2S/c1-17(10-13-4-2-3-5-14(13)18)15(19)16-8-6-12-7-9-20-11-12/h7,9,11,13-14,18H,2-6,8,10H2,1H3,(H,16,19)/t13-,14+/m0/s1. The Labute approximate surface area is 124 Å². The van der Waals surface area contributed by atoms with Crippen LogP contribution in [-0.2, 0) is 6.42 Å². The Morgan fingerprint density at radius 3 is 3.00 bits per heavy atom. The van der Waals surface area contributed by atoms with E-state index in [0.717, 1.165) is 32.1 Å². The molecule has 1 aliphatic carbocycles. The van der Waals surface area contributed by atoms with E-state index in [1.165, 1.54) is 5.56 Å². The van der Waals surface area contributed by atoms with E-state index in [1.54, 1.807) is 23.3 Å². The van der Waals surface area contributed by atoms with Crippen molar-refractivity contribution in [3.05, 3.63) is 22.4 Å². The molecule has 1 heterocycles. The van der Waals surface area contributed by atoms with Crippen molar-refractivity contribution in [2.75, 3.05) is 20.1 Å². The average Bonchev–Trinajstić information content (AvgIpc) is 2.94. The topological polar surface area (TPSA) is 52.6 Å². The molecule has 1 fully saturated rings. The highest BCUT2D eigenvalue weighted by Gasteiger charge is 2.25. The zero-order chi connectivity index (χ0) is 14.4. The molecule has 1 aromatic rings. The van der Waals surface area contributed by atoms with Crippen molar-refractivity contribution in [1.82, 2.24) is 10.2 Å². The monoisotopic (exact) mass is 296 g/mol. The third kappa shape index (κ3) is 4.49. The molecule has 4 nitrogen and oxygen atoms in total. The third-order valence-corrected chi connectivity index (χ3v) is 4.73. The number of carbonyl (C=O) groups is 1. The summed E-state index contributed by atoms with van der Waals surface area (Å²) in [4.78, 5) is 13.7. The van der Waals surface area contributed by atoms with Crippen LogP contribution in [0.4, 0.5) is 4.79 Å². The van der Waals surface area contributed by atoms with Gasteiger partial charge in [-0.05, 0) is 41.7 Å². The maximum Gasteiger partial charge on any atom is 0.317 e. The fourth-order valence-electron chi connectivity index (χ4n) is 2.72. The Balaban J connectivity index is 1.68. The number of amides is 2. The SMILES string of the molecule is CN(C[C@@H]1CCCC[C@H]1O)C(=O)NCCc1ccsc1. The molecule has 0 unspecified atom stereocenters. The van der Waals surface area contributed by atoms with Crippen molar-refractivity contribution in [2.24, 2.45) is 5.92 Å². The molecule has 1 aromatic heterocycles. The number of hydrogen-bond acceptors (Lipinski definition) is 3. The van der Waals surface area contributed by atoms with Gasteiger partial charge in [-0.1, -0.05) is 12.8 Å². The lowest BCUT2D eigenvalue weighted by Gasteiger charge is -2.31. The molecule has 2 atom stereocenters. The lowest BCUT2D eigenvalue weighted by molar-refractivity contribution is 0.0565. The lowest BCUT2D eigenvalue weighted by atomic mass is 9.86. The fourth-order valence-corrected chi connectivity index (χ4v) is 3.42. The zero-order valence-corrected chi connectivity index (χ0v) is 12.9. The van der Waals surface area contributed by atoms with Crippen LogP contribution in [0.1, 0.15) is 31.2 Å². The van der Waals surface area contributed by atoms with Crippen LogP contribution < -0.4 is 5.32 Å². The van der Waals surface area contributed by atoms with E-state index in [2.05, 4.69) is 16.8 Å². The van der Waals surface area contributed by atoms with Gasteiger partial charge >= 0.3 is 6.03 Å². The van der Waals surface area contributed by atoms with Gasteiger partial charge in [-0.3, -0.25) is 0 Å². The molecule has 5 heteroatoms. The Hall–Kier alpha value is -1.07. The van der Waals surface area contributed by atoms with E-state index in [-0.39, 0.29) is 18.1 Å². The second-order valence-corrected chi connectivity index (χ2v) is 6.39. The predicted octanol–water partition coefficient (Wildman–Crippen LogP) is 2.48. The van der Waals surface area contributed by atoms with Gasteiger partial charge in [-0.2, -0.15) is 11.3 Å². The highest BCUT2D eigenvalue weighted by Crippen LogP contribution is 2.24. The molecule has 0 aromatic carbocycles. The Morgan fingerprint density at radius 2 is 2.30 bits per heavy atom. The van der Waals surface area contributed by atoms with Crippen LogP contribution in [-0.4, -0.2) is 42.3 Å². The summed E-state index contributed by atoms with van der Waals surface area (Å²) in [6.45, 7) is 1.30. The number of aliphatic hydroxyl groups excluding tert-OH is 1. The molecular formula is C15H24N2O2S. The van der Waals surface area contributed by atoms with Gasteiger partial charge in [0.05, 0.1) is 6.10 Å². The minimum Gasteiger partial charge on any atom is -0.393 e. The second-order valence-electron chi connectivity index (χ2n) is 5.61. The minimum absolute atomic E-state index is 0.0435. The van der Waals surface area contributed by atoms with Crippen LogP contribution in [0.3, 0.4) is 0 Å². The molecule has 0 spiro atoms. The highest BCUT2D eigenvalue weighted by molar-refractivity contribution is 7.07. The number of aliphatic hydroxyl groups is 1. The van der Waals surface area contributed by atoms with E-state index < -0.39 is 0 Å². The molecule has 2 amide bonds. The van der Waals surface area contributed by atoms with Crippen molar-refractivity contribution < 1.29 is 9.90 Å². The van der Waals surface area contributed by atoms with Gasteiger partial charge in [-0.25, -0.2) is 4.79 Å². The van der Waals surface area contributed by atoms with Gasteiger partial charge in [0.1, 0.15) is 0 Å². The number of urea groups is 1. The maximum atomic E-state index is 12.0. The van der Waals surface area contributed by atoms with E-state index in [9.17, 15) is 9.90 Å². The van der Waals surface area contributed by atoms with Gasteiger partial charge in [0, 0.05) is 26.1 Å². The number of nitrogens with one attached hydrogen (secondary N) is 1. The molecule has 2 rings (SSSR count). The molecule has 1 saturated carbocycles. The van der Waals surface area contributed by atoms with E-state index in [4.69, 9.17) is 0 Å². The molecule has 112 valence electrons. The van der Waals surface area contributed by atoms with Crippen molar-refractivity contribution in [3.63, 3.8) is 0 Å². The predicted molar refractivity (Wildman–Crippen MR) is 82.0 cm³/mol. The molecule has 0 saturated heterocycles. The molecular weight excluding hydrogens is 272 g/mol. The van der Waals surface area contributed by atoms with Crippen molar-refractivity contribution in [1.29, 1.82) is 0 Å². The first-order chi connectivity index (χ1) is 9.66. The number of hydrogen-bond donors (Lipinski definition) is 2. The van der Waals surface area contributed by atoms with E-state index in [0.29, 0.717) is 13.1 Å². The fraction of sp³-hybridized carbons (Fsp3) is 0.667. The van der Waals surface area contributed by atoms with Gasteiger partial charge in [0.2, 0.25) is 0 Å². The van der Waals surface area contributed by atoms with Gasteiger partial charge < -0.3 is 15.3 Å². The van der Waals surface area contributed by atoms with Gasteiger partial charge in [0.15, 0.2) is 0 Å². The summed E-state index contributed by atoms with van der Waals surface area (Å²) in [6, 6.07) is 2.04. The summed E-state index contributed by atoms with van der Waals surface area (Å²) in [5.41, 5.74) is 1.26. The summed E-state index contributed by atoms with van der Waals surface area (Å²) < 4.78 is 0. The highest BCUT2D eigenvalue weighted by atomic mass is 32.1. The molecule has 0 aliphatic heterocycles. The summed E-state index contributed by atoms with van der Waals surface area (Å²) in [6.07, 6.45) is 4.79. The summed E-state index contributed by atoms with van der Waals surface area (Å²) in [7, 11) is 1.81. The van der Waals surface area contributed by atoms with Crippen molar-refractivity contribution >= 4 is 17.4 Å². The van der Waals surface area contributed by atoms with Crippen LogP contribution >= 0.6 is 11.3 Å². The average molecular weight is 296 g/mol. The summed E-state index contributed by atoms with van der Waals surface area (Å²) >= 11 is 1.68. The third-order valence-electron chi connectivity index (χ3n) is 3.99. The van der Waals surface area contributed by atoms with Crippen molar-refractivity contribution in [2.45, 2.75) is 38.2 Å². The number of nitrogens with zero attached hydrogens (tertiary/aromatic N) is 1. The maximum absolute atomic E-state index is 12.0. The molecule has 0 bridgehead atoms. The second kappa shape index (κ2) is 7.64. The van der Waals surface area contributed by atoms with Crippen LogP contribution in [0, 0.1) is 5.92 Å². The summed E-state index contributed by atoms with van der Waals surface area (Å²) in [5.74, 6) is 0.233. The number of rotatable bonds is 5. The van der Waals surface area contributed by atoms with Crippen LogP contribution in [0.5, 0.6) is 0 Å². The largest absolute Gasteiger partial charge is 0.393 e. The smallest absolute Gasteiger partial charge is 0.317 e. The number of thiophene rings is 1. The van der Waals surface area contributed by atoms with E-state index >= 15 is 0 Å². The summed E-state index contributed by atoms with van der Waals surface area (Å²) in [5, 5.41) is 17.0. The van der Waals surface area contributed by atoms with Gasteiger partial charge in [-0.15, -0.1) is 0 Å². The Bertz CT molecular complexity index is 408. The lowest BCUT2D eigenvalue weighted by Crippen LogP contribution is -2.43. The zero-order valence-electron chi connectivity index (χ0n) is 12.0.